The molecule has 0 aromatic rings. The third kappa shape index (κ3) is 25.4. The molecule has 2 heterocycles. The van der Waals surface area contributed by atoms with Gasteiger partial charge in [-0.05, 0) is 38.5 Å². The molecule has 16 unspecified atom stereocenters. The molecule has 16 atom stereocenters. The van der Waals surface area contributed by atoms with E-state index in [0.29, 0.717) is 19.3 Å². The van der Waals surface area contributed by atoms with Crippen molar-refractivity contribution in [2.75, 3.05) is 26.4 Å². The first kappa shape index (κ1) is 70.5. The minimum atomic E-state index is -5.63. The number of phosphoric acid groups is 1. The molecule has 0 aromatic carbocycles. The average Bonchev–Trinajstić information content (AvgIpc) is 3.49. The Hall–Kier alpha value is -1.81. The second kappa shape index (κ2) is 39.6. The number of allylic oxidation sites excluding steroid dienone is 2. The number of aliphatic hydroxyl groups excluding tert-OH is 11. The molecule has 3 fully saturated rings. The normalized spacial score (nSPS) is 31.8. The van der Waals surface area contributed by atoms with Crippen molar-refractivity contribution in [2.45, 2.75) is 291 Å². The zero-order valence-electron chi connectivity index (χ0n) is 46.2. The van der Waals surface area contributed by atoms with E-state index in [4.69, 9.17) is 37.5 Å². The number of aliphatic hydroxyl groups is 11. The number of unbranched alkanes of at least 4 members (excludes halogenated alkanes) is 22. The SMILES string of the molecule is CCCCCCCCC/C=C\CCCCCC(=O)OC(COC(=O)CCCCCCCCCCCCCCC)COP(=O)(O)OC1C(OC2OC(CO)C(O)C(O)C2O)C(O)C(O)C(O)C1OC1OC(CO)C(O)C(O)C1O. The van der Waals surface area contributed by atoms with Gasteiger partial charge in [0.1, 0.15) is 92.1 Å². The number of esters is 2. The predicted octanol–water partition coefficient (Wildman–Crippen LogP) is 3.54. The van der Waals surface area contributed by atoms with Gasteiger partial charge < -0.3 is 89.5 Å². The molecule has 0 spiro atoms. The Bertz CT molecular complexity index is 1610. The summed E-state index contributed by atoms with van der Waals surface area (Å²) in [6, 6.07) is 0. The van der Waals surface area contributed by atoms with Crippen molar-refractivity contribution in [1.29, 1.82) is 0 Å². The quantitative estimate of drug-likeness (QED) is 0.0180. The highest BCUT2D eigenvalue weighted by Gasteiger charge is 2.58. The molecule has 0 amide bonds. The third-order valence-electron chi connectivity index (χ3n) is 14.6. The number of hydrogen-bond acceptors (Lipinski definition) is 22. The Morgan fingerprint density at radius 2 is 0.846 bits per heavy atom. The van der Waals surface area contributed by atoms with E-state index in [2.05, 4.69) is 26.0 Å². The zero-order valence-corrected chi connectivity index (χ0v) is 47.1. The van der Waals surface area contributed by atoms with Crippen molar-refractivity contribution in [3.05, 3.63) is 12.2 Å². The smallest absolute Gasteiger partial charge is 0.462 e. The summed E-state index contributed by atoms with van der Waals surface area (Å²) < 4.78 is 58.0. The average molecular weight is 1150 g/mol. The lowest BCUT2D eigenvalue weighted by molar-refractivity contribution is -0.360. The van der Waals surface area contributed by atoms with Crippen molar-refractivity contribution in [1.82, 2.24) is 0 Å². The minimum Gasteiger partial charge on any atom is -0.462 e. The molecule has 12 N–H and O–H groups in total. The fraction of sp³-hybridized carbons (Fsp3) is 0.926. The first-order chi connectivity index (χ1) is 37.4. The van der Waals surface area contributed by atoms with Crippen LogP contribution in [0.2, 0.25) is 0 Å². The highest BCUT2D eigenvalue weighted by Crippen LogP contribution is 2.49. The second-order valence-corrected chi connectivity index (χ2v) is 22.6. The van der Waals surface area contributed by atoms with Crippen molar-refractivity contribution in [2.24, 2.45) is 0 Å². The fourth-order valence-corrected chi connectivity index (χ4v) is 10.7. The van der Waals surface area contributed by atoms with E-state index in [1.165, 1.54) is 89.9 Å². The molecule has 3 aliphatic rings. The van der Waals surface area contributed by atoms with Crippen molar-refractivity contribution in [3.8, 4) is 0 Å². The second-order valence-electron chi connectivity index (χ2n) is 21.2. The van der Waals surface area contributed by atoms with E-state index in [-0.39, 0.29) is 12.8 Å². The number of hydrogen-bond donors (Lipinski definition) is 12. The van der Waals surface area contributed by atoms with Crippen LogP contribution >= 0.6 is 7.82 Å². The maximum atomic E-state index is 14.0. The zero-order chi connectivity index (χ0) is 57.5. The van der Waals surface area contributed by atoms with E-state index in [1.807, 2.05) is 0 Å². The summed E-state index contributed by atoms with van der Waals surface area (Å²) in [5.41, 5.74) is 0. The van der Waals surface area contributed by atoms with Gasteiger partial charge in [0.15, 0.2) is 18.7 Å². The molecule has 0 radical (unpaired) electrons. The molecular weight excluding hydrogens is 1050 g/mol. The summed E-state index contributed by atoms with van der Waals surface area (Å²) in [7, 11) is -5.63. The van der Waals surface area contributed by atoms with Gasteiger partial charge in [0.05, 0.1) is 19.8 Å². The largest absolute Gasteiger partial charge is 0.472 e. The van der Waals surface area contributed by atoms with E-state index in [0.717, 1.165) is 51.4 Å². The Morgan fingerprint density at radius 3 is 1.27 bits per heavy atom. The number of carbonyl (C=O) groups excluding carboxylic acids is 2. The van der Waals surface area contributed by atoms with Gasteiger partial charge >= 0.3 is 19.8 Å². The third-order valence-corrected chi connectivity index (χ3v) is 15.6. The van der Waals surface area contributed by atoms with Gasteiger partial charge in [-0.1, -0.05) is 148 Å². The van der Waals surface area contributed by atoms with Crippen molar-refractivity contribution >= 4 is 19.8 Å². The molecule has 2 saturated heterocycles. The van der Waals surface area contributed by atoms with Gasteiger partial charge in [0.25, 0.3) is 0 Å². The molecule has 24 heteroatoms. The van der Waals surface area contributed by atoms with Crippen LogP contribution < -0.4 is 0 Å². The number of rotatable bonds is 42. The first-order valence-corrected chi connectivity index (χ1v) is 30.5. The molecule has 0 aromatic heterocycles. The van der Waals surface area contributed by atoms with E-state index >= 15 is 0 Å². The maximum absolute atomic E-state index is 14.0. The minimum absolute atomic E-state index is 0.0491. The molecule has 2 aliphatic heterocycles. The van der Waals surface area contributed by atoms with Crippen LogP contribution in [-0.4, -0.2) is 204 Å². The van der Waals surface area contributed by atoms with Crippen LogP contribution in [0.4, 0.5) is 0 Å². The molecule has 78 heavy (non-hydrogen) atoms. The van der Waals surface area contributed by atoms with Crippen LogP contribution in [0.15, 0.2) is 12.2 Å². The van der Waals surface area contributed by atoms with Gasteiger partial charge in [-0.3, -0.25) is 18.6 Å². The number of phosphoric ester groups is 1. The van der Waals surface area contributed by atoms with Crippen molar-refractivity contribution < 1.29 is 113 Å². The van der Waals surface area contributed by atoms with Gasteiger partial charge in [-0.25, -0.2) is 4.57 Å². The molecule has 0 bridgehead atoms. The lowest BCUT2D eigenvalue weighted by Gasteiger charge is -2.49. The first-order valence-electron chi connectivity index (χ1n) is 29.0. The van der Waals surface area contributed by atoms with Gasteiger partial charge in [-0.15, -0.1) is 0 Å². The van der Waals surface area contributed by atoms with Gasteiger partial charge in [-0.2, -0.15) is 0 Å². The van der Waals surface area contributed by atoms with Gasteiger partial charge in [0.2, 0.25) is 0 Å². The van der Waals surface area contributed by atoms with E-state index in [1.54, 1.807) is 0 Å². The summed E-state index contributed by atoms with van der Waals surface area (Å²) in [6.45, 7) is 0.983. The Morgan fingerprint density at radius 1 is 0.474 bits per heavy atom. The van der Waals surface area contributed by atoms with E-state index < -0.39 is 150 Å². The molecule has 23 nitrogen and oxygen atoms in total. The topological polar surface area (TPSA) is 368 Å². The summed E-state index contributed by atoms with van der Waals surface area (Å²) in [5, 5.41) is 116. The standard InChI is InChI=1S/C54H99O23P/c1-3-5-7-9-11-13-15-17-19-21-23-25-27-29-31-40(58)72-36(34-70-39(57)30-28-26-24-22-20-18-16-14-12-10-8-6-4-2)35-71-78(68,69)77-52-50(75-53-48(66)43(61)41(59)37(32-55)73-53)46(64)45(63)47(65)51(52)76-54-49(67)44(62)42(60)38(33-56)74-54/h19,21,36-38,41-56,59-67H,3-18,20,22-35H2,1-2H3,(H,68,69)/b21-19-. The number of carbonyl (C=O) groups is 2. The molecule has 1 saturated carbocycles. The maximum Gasteiger partial charge on any atom is 0.472 e. The summed E-state index contributed by atoms with van der Waals surface area (Å²) in [5.74, 6) is -1.35. The lowest BCUT2D eigenvalue weighted by Crippen LogP contribution is -2.69. The molecule has 3 rings (SSSR count). The van der Waals surface area contributed by atoms with Crippen LogP contribution in [0.1, 0.15) is 187 Å². The van der Waals surface area contributed by atoms with Crippen LogP contribution in [0.5, 0.6) is 0 Å². The highest BCUT2D eigenvalue weighted by molar-refractivity contribution is 7.47. The summed E-state index contributed by atoms with van der Waals surface area (Å²) in [4.78, 5) is 37.4. The predicted molar refractivity (Wildman–Crippen MR) is 282 cm³/mol. The number of ether oxygens (including phenoxy) is 6. The summed E-state index contributed by atoms with van der Waals surface area (Å²) >= 11 is 0. The molecule has 458 valence electrons. The van der Waals surface area contributed by atoms with E-state index in [9.17, 15) is 75.2 Å². The lowest BCUT2D eigenvalue weighted by atomic mass is 9.84. The Kier molecular flexibility index (Phi) is 35.8. The highest BCUT2D eigenvalue weighted by atomic mass is 31.2. The Balaban J connectivity index is 1.72. The van der Waals surface area contributed by atoms with Crippen LogP contribution in [0.3, 0.4) is 0 Å². The molecule has 1 aliphatic carbocycles. The van der Waals surface area contributed by atoms with Gasteiger partial charge in [0, 0.05) is 12.8 Å². The monoisotopic (exact) mass is 1150 g/mol. The summed E-state index contributed by atoms with van der Waals surface area (Å²) in [6.07, 6.45) is -3.66. The fourth-order valence-electron chi connectivity index (χ4n) is 9.70. The van der Waals surface area contributed by atoms with Crippen LogP contribution in [0, 0.1) is 0 Å². The van der Waals surface area contributed by atoms with Crippen LogP contribution in [-0.2, 0) is 51.6 Å². The van der Waals surface area contributed by atoms with Crippen LogP contribution in [0.25, 0.3) is 0 Å². The Labute approximate surface area is 461 Å². The van der Waals surface area contributed by atoms with Crippen molar-refractivity contribution in [3.63, 3.8) is 0 Å². The molecular formula is C54H99O23P.